The van der Waals surface area contributed by atoms with Gasteiger partial charge in [0.05, 0.1) is 5.69 Å². The summed E-state index contributed by atoms with van der Waals surface area (Å²) in [6.45, 7) is 1.98. The predicted octanol–water partition coefficient (Wildman–Crippen LogP) is 3.38. The molecule has 1 amide bonds. The van der Waals surface area contributed by atoms with Gasteiger partial charge in [-0.1, -0.05) is 43.2 Å². The molecule has 0 atom stereocenters. The van der Waals surface area contributed by atoms with Crippen molar-refractivity contribution in [3.8, 4) is 11.3 Å². The number of aryl methyl sites for hydroxylation is 1. The molecule has 1 N–H and O–H groups in total. The van der Waals surface area contributed by atoms with Crippen molar-refractivity contribution in [1.82, 2.24) is 19.9 Å². The monoisotopic (exact) mass is 320 g/mol. The first kappa shape index (κ1) is 14.9. The smallest absolute Gasteiger partial charge is 0.272 e. The van der Waals surface area contributed by atoms with E-state index in [0.717, 1.165) is 29.8 Å². The van der Waals surface area contributed by atoms with Crippen molar-refractivity contribution in [3.63, 3.8) is 0 Å². The normalized spacial score (nSPS) is 15.0. The van der Waals surface area contributed by atoms with E-state index in [1.165, 1.54) is 12.8 Å². The summed E-state index contributed by atoms with van der Waals surface area (Å²) in [5, 5.41) is 7.51. The van der Waals surface area contributed by atoms with Gasteiger partial charge in [-0.15, -0.1) is 0 Å². The van der Waals surface area contributed by atoms with Gasteiger partial charge in [0, 0.05) is 23.4 Å². The highest BCUT2D eigenvalue weighted by molar-refractivity contribution is 5.93. The van der Waals surface area contributed by atoms with Crippen LogP contribution >= 0.6 is 0 Å². The van der Waals surface area contributed by atoms with Crippen molar-refractivity contribution in [2.45, 2.75) is 38.6 Å². The van der Waals surface area contributed by atoms with E-state index in [9.17, 15) is 4.79 Å². The van der Waals surface area contributed by atoms with Crippen LogP contribution in [0.3, 0.4) is 0 Å². The third kappa shape index (κ3) is 2.77. The van der Waals surface area contributed by atoms with Crippen molar-refractivity contribution >= 4 is 11.6 Å². The molecule has 1 aliphatic rings. The van der Waals surface area contributed by atoms with E-state index in [2.05, 4.69) is 15.4 Å². The summed E-state index contributed by atoms with van der Waals surface area (Å²) < 4.78 is 1.73. The fourth-order valence-corrected chi connectivity index (χ4v) is 3.32. The van der Waals surface area contributed by atoms with Gasteiger partial charge in [0.1, 0.15) is 0 Å². The molecule has 24 heavy (non-hydrogen) atoms. The van der Waals surface area contributed by atoms with Gasteiger partial charge in [-0.25, -0.2) is 9.50 Å². The standard InChI is InChI=1S/C19H20N4O/c1-13-11-16(14-7-3-2-4-8-14)21-18-12-17(22-23(13)18)19(24)20-15-9-5-6-10-15/h2-4,7-8,11-12,15H,5-6,9-10H2,1H3,(H,20,24). The number of carbonyl (C=O) groups excluding carboxylic acids is 1. The summed E-state index contributed by atoms with van der Waals surface area (Å²) in [6, 6.07) is 14.1. The Morgan fingerprint density at radius 2 is 1.92 bits per heavy atom. The Labute approximate surface area is 140 Å². The second kappa shape index (κ2) is 6.07. The summed E-state index contributed by atoms with van der Waals surface area (Å²) in [4.78, 5) is 17.1. The number of nitrogens with one attached hydrogen (secondary N) is 1. The lowest BCUT2D eigenvalue weighted by Gasteiger charge is -2.09. The Balaban J connectivity index is 1.67. The fraction of sp³-hybridized carbons (Fsp3) is 0.316. The largest absolute Gasteiger partial charge is 0.348 e. The van der Waals surface area contributed by atoms with Gasteiger partial charge in [-0.05, 0) is 25.8 Å². The van der Waals surface area contributed by atoms with Crippen molar-refractivity contribution in [2.24, 2.45) is 0 Å². The van der Waals surface area contributed by atoms with Crippen LogP contribution in [0.4, 0.5) is 0 Å². The zero-order valence-electron chi connectivity index (χ0n) is 13.7. The lowest BCUT2D eigenvalue weighted by molar-refractivity contribution is 0.0932. The van der Waals surface area contributed by atoms with Gasteiger partial charge in [-0.2, -0.15) is 5.10 Å². The first-order chi connectivity index (χ1) is 11.7. The molecule has 2 aromatic heterocycles. The molecule has 2 heterocycles. The molecule has 0 saturated heterocycles. The molecule has 1 fully saturated rings. The summed E-state index contributed by atoms with van der Waals surface area (Å²) in [6.07, 6.45) is 4.51. The molecule has 1 aromatic carbocycles. The van der Waals surface area contributed by atoms with Crippen LogP contribution in [0, 0.1) is 6.92 Å². The van der Waals surface area contributed by atoms with Crippen molar-refractivity contribution in [1.29, 1.82) is 0 Å². The predicted molar refractivity (Wildman–Crippen MR) is 92.9 cm³/mol. The molecule has 5 heteroatoms. The molecular formula is C19H20N4O. The van der Waals surface area contributed by atoms with Gasteiger partial charge in [0.15, 0.2) is 11.3 Å². The number of fused-ring (bicyclic) bond motifs is 1. The number of carbonyl (C=O) groups is 1. The zero-order valence-corrected chi connectivity index (χ0v) is 13.7. The maximum Gasteiger partial charge on any atom is 0.272 e. The quantitative estimate of drug-likeness (QED) is 0.805. The first-order valence-corrected chi connectivity index (χ1v) is 8.44. The lowest BCUT2D eigenvalue weighted by Crippen LogP contribution is -2.32. The number of nitrogens with zero attached hydrogens (tertiary/aromatic N) is 3. The van der Waals surface area contributed by atoms with Crippen LogP contribution in [0.5, 0.6) is 0 Å². The minimum absolute atomic E-state index is 0.104. The van der Waals surface area contributed by atoms with E-state index in [-0.39, 0.29) is 11.9 Å². The second-order valence-corrected chi connectivity index (χ2v) is 6.40. The maximum atomic E-state index is 12.4. The molecule has 0 aliphatic heterocycles. The van der Waals surface area contributed by atoms with E-state index < -0.39 is 0 Å². The van der Waals surface area contributed by atoms with E-state index in [1.54, 1.807) is 10.6 Å². The highest BCUT2D eigenvalue weighted by Gasteiger charge is 2.20. The molecule has 4 rings (SSSR count). The molecule has 3 aromatic rings. The highest BCUT2D eigenvalue weighted by atomic mass is 16.2. The molecular weight excluding hydrogens is 300 g/mol. The van der Waals surface area contributed by atoms with Gasteiger partial charge < -0.3 is 5.32 Å². The van der Waals surface area contributed by atoms with E-state index >= 15 is 0 Å². The molecule has 122 valence electrons. The van der Waals surface area contributed by atoms with Crippen molar-refractivity contribution < 1.29 is 4.79 Å². The Hall–Kier alpha value is -2.69. The van der Waals surface area contributed by atoms with Crippen LogP contribution in [0.1, 0.15) is 41.9 Å². The van der Waals surface area contributed by atoms with Crippen LogP contribution in [-0.2, 0) is 0 Å². The van der Waals surface area contributed by atoms with Gasteiger partial charge in [0.25, 0.3) is 5.91 Å². The summed E-state index contributed by atoms with van der Waals surface area (Å²) in [5.41, 5.74) is 4.04. The number of benzene rings is 1. The fourth-order valence-electron chi connectivity index (χ4n) is 3.32. The van der Waals surface area contributed by atoms with E-state index in [4.69, 9.17) is 0 Å². The van der Waals surface area contributed by atoms with Gasteiger partial charge >= 0.3 is 0 Å². The summed E-state index contributed by atoms with van der Waals surface area (Å²) in [5.74, 6) is -0.104. The minimum Gasteiger partial charge on any atom is -0.348 e. The molecule has 1 saturated carbocycles. The number of hydrogen-bond acceptors (Lipinski definition) is 3. The first-order valence-electron chi connectivity index (χ1n) is 8.44. The molecule has 1 aliphatic carbocycles. The van der Waals surface area contributed by atoms with Gasteiger partial charge in [0.2, 0.25) is 0 Å². The van der Waals surface area contributed by atoms with Crippen LogP contribution < -0.4 is 5.32 Å². The topological polar surface area (TPSA) is 59.3 Å². The third-order valence-electron chi connectivity index (χ3n) is 4.60. The highest BCUT2D eigenvalue weighted by Crippen LogP contribution is 2.21. The van der Waals surface area contributed by atoms with Gasteiger partial charge in [-0.3, -0.25) is 4.79 Å². The third-order valence-corrected chi connectivity index (χ3v) is 4.60. The Bertz CT molecular complexity index is 879. The average Bonchev–Trinajstić information content (AvgIpc) is 3.25. The number of aromatic nitrogens is 3. The zero-order chi connectivity index (χ0) is 16.5. The average molecular weight is 320 g/mol. The summed E-state index contributed by atoms with van der Waals surface area (Å²) in [7, 11) is 0. The lowest BCUT2D eigenvalue weighted by atomic mass is 10.1. The number of rotatable bonds is 3. The number of hydrogen-bond donors (Lipinski definition) is 1. The van der Waals surface area contributed by atoms with Crippen molar-refractivity contribution in [2.75, 3.05) is 0 Å². The van der Waals surface area contributed by atoms with E-state index in [0.29, 0.717) is 11.3 Å². The molecule has 0 bridgehead atoms. The second-order valence-electron chi connectivity index (χ2n) is 6.40. The van der Waals surface area contributed by atoms with Crippen LogP contribution in [0.15, 0.2) is 42.5 Å². The van der Waals surface area contributed by atoms with E-state index in [1.807, 2.05) is 43.3 Å². The number of amides is 1. The van der Waals surface area contributed by atoms with Crippen LogP contribution in [0.25, 0.3) is 16.9 Å². The Morgan fingerprint density at radius 3 is 2.67 bits per heavy atom. The van der Waals surface area contributed by atoms with Crippen LogP contribution in [0.2, 0.25) is 0 Å². The SMILES string of the molecule is Cc1cc(-c2ccccc2)nc2cc(C(=O)NC3CCCC3)nn12. The van der Waals surface area contributed by atoms with Crippen LogP contribution in [-0.4, -0.2) is 26.5 Å². The summed E-state index contributed by atoms with van der Waals surface area (Å²) >= 11 is 0. The van der Waals surface area contributed by atoms with Crippen molar-refractivity contribution in [3.05, 3.63) is 53.9 Å². The molecule has 5 nitrogen and oxygen atoms in total. The minimum atomic E-state index is -0.104. The molecule has 0 unspecified atom stereocenters. The Morgan fingerprint density at radius 1 is 1.17 bits per heavy atom. The maximum absolute atomic E-state index is 12.4. The molecule has 0 radical (unpaired) electrons. The Kier molecular flexibility index (Phi) is 3.76. The molecule has 0 spiro atoms.